The van der Waals surface area contributed by atoms with E-state index in [9.17, 15) is 26.3 Å². The number of alkyl halides is 6. The van der Waals surface area contributed by atoms with Crippen molar-refractivity contribution in [1.29, 1.82) is 0 Å². The number of oxazole rings is 1. The molecule has 0 N–H and O–H groups in total. The zero-order chi connectivity index (χ0) is 24.8. The van der Waals surface area contributed by atoms with Crippen molar-refractivity contribution in [1.82, 2.24) is 4.98 Å². The van der Waals surface area contributed by atoms with Crippen LogP contribution in [-0.4, -0.2) is 4.98 Å². The number of hydrogen-bond acceptors (Lipinski definition) is 2. The van der Waals surface area contributed by atoms with E-state index in [1.807, 2.05) is 24.3 Å². The monoisotopic (exact) mass is 483 g/mol. The number of para-hydroxylation sites is 2. The largest absolute Gasteiger partial charge is 0.436 e. The van der Waals surface area contributed by atoms with Gasteiger partial charge in [0, 0.05) is 5.56 Å². The molecule has 1 heterocycles. The minimum atomic E-state index is -4.91. The number of hydrogen-bond donors (Lipinski definition) is 0. The van der Waals surface area contributed by atoms with Crippen molar-refractivity contribution in [2.24, 2.45) is 0 Å². The zero-order valence-electron chi connectivity index (χ0n) is 17.8. The highest BCUT2D eigenvalue weighted by Crippen LogP contribution is 2.39. The molecule has 0 fully saturated rings. The van der Waals surface area contributed by atoms with E-state index in [4.69, 9.17) is 4.42 Å². The van der Waals surface area contributed by atoms with Gasteiger partial charge in [0.2, 0.25) is 5.89 Å². The maximum atomic E-state index is 13.3. The van der Waals surface area contributed by atoms with Gasteiger partial charge < -0.3 is 4.42 Å². The van der Waals surface area contributed by atoms with Gasteiger partial charge in [0.25, 0.3) is 0 Å². The van der Waals surface area contributed by atoms with Gasteiger partial charge in [-0.3, -0.25) is 0 Å². The van der Waals surface area contributed by atoms with Crippen LogP contribution in [0.5, 0.6) is 0 Å². The summed E-state index contributed by atoms with van der Waals surface area (Å²) in [6.45, 7) is 0. The normalized spacial score (nSPS) is 12.3. The Balaban J connectivity index is 1.51. The molecule has 0 saturated heterocycles. The highest BCUT2D eigenvalue weighted by Gasteiger charge is 2.37. The zero-order valence-corrected chi connectivity index (χ0v) is 17.8. The molecule has 0 spiro atoms. The predicted molar refractivity (Wildman–Crippen MR) is 120 cm³/mol. The summed E-state index contributed by atoms with van der Waals surface area (Å²) in [5.41, 5.74) is 0.836. The summed E-state index contributed by atoms with van der Waals surface area (Å²) >= 11 is 0. The number of aromatic nitrogens is 1. The van der Waals surface area contributed by atoms with Crippen LogP contribution in [0.3, 0.4) is 0 Å². The first-order chi connectivity index (χ1) is 16.6. The third-order valence-corrected chi connectivity index (χ3v) is 5.54. The molecule has 0 aliphatic carbocycles. The summed E-state index contributed by atoms with van der Waals surface area (Å²) in [6, 6.07) is 22.4. The standard InChI is InChI=1S/C27H15F6NO/c28-26(29,30)21-13-20(14-22(15-21)27(31,32)33)19-5-3-4-18(12-19)16-8-10-17(11-9-16)25-34-23-6-1-2-7-24(23)35-25/h1-15H. The molecule has 0 saturated carbocycles. The molecule has 0 amide bonds. The second-order valence-electron chi connectivity index (χ2n) is 7.94. The first-order valence-electron chi connectivity index (χ1n) is 10.4. The molecular formula is C27H15F6NO. The smallest absolute Gasteiger partial charge is 0.416 e. The van der Waals surface area contributed by atoms with E-state index >= 15 is 0 Å². The first kappa shape index (κ1) is 22.7. The summed E-state index contributed by atoms with van der Waals surface area (Å²) in [7, 11) is 0. The minimum absolute atomic E-state index is 0.123. The molecule has 5 aromatic rings. The lowest BCUT2D eigenvalue weighted by Gasteiger charge is -2.15. The number of rotatable bonds is 3. The van der Waals surface area contributed by atoms with Gasteiger partial charge >= 0.3 is 12.4 Å². The van der Waals surface area contributed by atoms with Crippen molar-refractivity contribution >= 4 is 11.1 Å². The molecule has 5 rings (SSSR count). The summed E-state index contributed by atoms with van der Waals surface area (Å²) < 4.78 is 85.3. The highest BCUT2D eigenvalue weighted by atomic mass is 19.4. The third-order valence-electron chi connectivity index (χ3n) is 5.54. The van der Waals surface area contributed by atoms with Crippen LogP contribution in [0.4, 0.5) is 26.3 Å². The fourth-order valence-corrected chi connectivity index (χ4v) is 3.80. The van der Waals surface area contributed by atoms with E-state index in [0.717, 1.165) is 28.8 Å². The van der Waals surface area contributed by atoms with E-state index in [1.165, 1.54) is 6.07 Å². The molecule has 0 unspecified atom stereocenters. The molecule has 2 nitrogen and oxygen atoms in total. The first-order valence-corrected chi connectivity index (χ1v) is 10.4. The van der Waals surface area contributed by atoms with Gasteiger partial charge in [0.05, 0.1) is 11.1 Å². The number of benzene rings is 4. The summed E-state index contributed by atoms with van der Waals surface area (Å²) in [4.78, 5) is 4.44. The van der Waals surface area contributed by atoms with Crippen molar-refractivity contribution in [2.75, 3.05) is 0 Å². The molecule has 0 bridgehead atoms. The van der Waals surface area contributed by atoms with E-state index < -0.39 is 23.5 Å². The van der Waals surface area contributed by atoms with Crippen LogP contribution in [0.1, 0.15) is 11.1 Å². The van der Waals surface area contributed by atoms with Crippen LogP contribution < -0.4 is 0 Å². The van der Waals surface area contributed by atoms with Crippen LogP contribution in [-0.2, 0) is 12.4 Å². The number of nitrogens with zero attached hydrogens (tertiary/aromatic N) is 1. The molecule has 0 aliphatic heterocycles. The molecule has 176 valence electrons. The molecule has 35 heavy (non-hydrogen) atoms. The Bertz CT molecular complexity index is 1450. The molecule has 0 atom stereocenters. The lowest BCUT2D eigenvalue weighted by atomic mass is 9.95. The van der Waals surface area contributed by atoms with E-state index in [2.05, 4.69) is 4.98 Å². The molecule has 0 aliphatic rings. The molecule has 4 aromatic carbocycles. The van der Waals surface area contributed by atoms with Gasteiger partial charge in [-0.05, 0) is 70.8 Å². The van der Waals surface area contributed by atoms with Crippen molar-refractivity contribution in [3.8, 4) is 33.7 Å². The van der Waals surface area contributed by atoms with Crippen molar-refractivity contribution in [3.63, 3.8) is 0 Å². The van der Waals surface area contributed by atoms with Gasteiger partial charge in [0.15, 0.2) is 5.58 Å². The predicted octanol–water partition coefficient (Wildman–Crippen LogP) is 8.87. The Morgan fingerprint density at radius 2 is 1.09 bits per heavy atom. The summed E-state index contributed by atoms with van der Waals surface area (Å²) in [5, 5.41) is 0. The Kier molecular flexibility index (Phi) is 5.39. The summed E-state index contributed by atoms with van der Waals surface area (Å²) in [5.74, 6) is 0.440. The van der Waals surface area contributed by atoms with Gasteiger partial charge in [-0.15, -0.1) is 0 Å². The summed E-state index contributed by atoms with van der Waals surface area (Å²) in [6.07, 6.45) is -9.82. The van der Waals surface area contributed by atoms with E-state index in [1.54, 1.807) is 42.5 Å². The Morgan fingerprint density at radius 3 is 1.69 bits per heavy atom. The van der Waals surface area contributed by atoms with Gasteiger partial charge in [-0.2, -0.15) is 26.3 Å². The van der Waals surface area contributed by atoms with Gasteiger partial charge in [-0.1, -0.05) is 42.5 Å². The Hall–Kier alpha value is -4.07. The Labute approximate surface area is 195 Å². The maximum Gasteiger partial charge on any atom is 0.416 e. The maximum absolute atomic E-state index is 13.3. The lowest BCUT2D eigenvalue weighted by molar-refractivity contribution is -0.143. The van der Waals surface area contributed by atoms with Crippen LogP contribution in [0, 0.1) is 0 Å². The Morgan fingerprint density at radius 1 is 0.514 bits per heavy atom. The number of halogens is 6. The molecule has 1 aromatic heterocycles. The SMILES string of the molecule is FC(F)(F)c1cc(-c2cccc(-c3ccc(-c4nc5ccccc5o4)cc3)c2)cc(C(F)(F)F)c1. The highest BCUT2D eigenvalue weighted by molar-refractivity contribution is 5.78. The topological polar surface area (TPSA) is 26.0 Å². The average Bonchev–Trinajstić information content (AvgIpc) is 3.27. The van der Waals surface area contributed by atoms with E-state index in [-0.39, 0.29) is 17.2 Å². The lowest BCUT2D eigenvalue weighted by Crippen LogP contribution is -2.11. The fraction of sp³-hybridized carbons (Fsp3) is 0.0741. The molecule has 8 heteroatoms. The van der Waals surface area contributed by atoms with Gasteiger partial charge in [0.1, 0.15) is 5.52 Å². The van der Waals surface area contributed by atoms with Crippen molar-refractivity contribution in [3.05, 3.63) is 102 Å². The second kappa shape index (κ2) is 8.30. The van der Waals surface area contributed by atoms with Crippen LogP contribution in [0.25, 0.3) is 44.8 Å². The molecule has 0 radical (unpaired) electrons. The average molecular weight is 483 g/mol. The molecular weight excluding hydrogens is 468 g/mol. The number of fused-ring (bicyclic) bond motifs is 1. The quantitative estimate of drug-likeness (QED) is 0.240. The minimum Gasteiger partial charge on any atom is -0.436 e. The van der Waals surface area contributed by atoms with Crippen molar-refractivity contribution in [2.45, 2.75) is 12.4 Å². The third kappa shape index (κ3) is 4.64. The van der Waals surface area contributed by atoms with Crippen LogP contribution >= 0.6 is 0 Å². The van der Waals surface area contributed by atoms with Crippen LogP contribution in [0.15, 0.2) is 95.4 Å². The van der Waals surface area contributed by atoms with Crippen molar-refractivity contribution < 1.29 is 30.8 Å². The van der Waals surface area contributed by atoms with Gasteiger partial charge in [-0.25, -0.2) is 4.98 Å². The fourth-order valence-electron chi connectivity index (χ4n) is 3.80. The second-order valence-corrected chi connectivity index (χ2v) is 7.94. The van der Waals surface area contributed by atoms with Crippen LogP contribution in [0.2, 0.25) is 0 Å². The van der Waals surface area contributed by atoms with E-state index in [0.29, 0.717) is 17.0 Å².